The molecule has 2 amide bonds. The molecule has 0 saturated carbocycles. The Kier molecular flexibility index (Phi) is 5.16. The summed E-state index contributed by atoms with van der Waals surface area (Å²) in [6, 6.07) is 9.46. The monoisotopic (exact) mass is 333 g/mol. The zero-order valence-corrected chi connectivity index (χ0v) is 13.8. The molecule has 2 saturated heterocycles. The number of aliphatic hydroxyl groups excluding tert-OH is 1. The van der Waals surface area contributed by atoms with E-state index in [1.807, 2.05) is 30.3 Å². The maximum Gasteiger partial charge on any atom is 0.416 e. The molecule has 2 fully saturated rings. The van der Waals surface area contributed by atoms with Gasteiger partial charge in [0.1, 0.15) is 6.61 Å². The van der Waals surface area contributed by atoms with Gasteiger partial charge in [0.05, 0.1) is 30.8 Å². The zero-order valence-electron chi connectivity index (χ0n) is 13.8. The fourth-order valence-electron chi connectivity index (χ4n) is 3.38. The van der Waals surface area contributed by atoms with E-state index < -0.39 is 12.0 Å². The molecule has 0 aliphatic carbocycles. The molecule has 4 atom stereocenters. The molecule has 2 aliphatic rings. The van der Waals surface area contributed by atoms with Crippen LogP contribution in [0.15, 0.2) is 30.3 Å². The molecule has 24 heavy (non-hydrogen) atoms. The van der Waals surface area contributed by atoms with E-state index in [-0.39, 0.29) is 37.4 Å². The lowest BCUT2D eigenvalue weighted by molar-refractivity contribution is -0.138. The maximum absolute atomic E-state index is 12.8. The number of amides is 2. The Hall–Kier alpha value is -1.92. The van der Waals surface area contributed by atoms with Gasteiger partial charge in [0, 0.05) is 0 Å². The summed E-state index contributed by atoms with van der Waals surface area (Å²) >= 11 is 0. The fraction of sp³-hybridized carbons (Fsp3) is 0.556. The third kappa shape index (κ3) is 3.44. The molecular weight excluding hydrogens is 310 g/mol. The second-order valence-corrected chi connectivity index (χ2v) is 6.47. The summed E-state index contributed by atoms with van der Waals surface area (Å²) in [5, 5.41) is 9.17. The van der Waals surface area contributed by atoms with Crippen LogP contribution in [0.4, 0.5) is 4.79 Å². The van der Waals surface area contributed by atoms with Gasteiger partial charge in [-0.15, -0.1) is 0 Å². The summed E-state index contributed by atoms with van der Waals surface area (Å²) in [6.45, 7) is 1.95. The van der Waals surface area contributed by atoms with E-state index in [0.29, 0.717) is 12.8 Å². The van der Waals surface area contributed by atoms with Crippen molar-refractivity contribution < 1.29 is 24.2 Å². The number of carbonyl (C=O) groups excluding carboxylic acids is 2. The van der Waals surface area contributed by atoms with Gasteiger partial charge in [-0.3, -0.25) is 4.79 Å². The first-order valence-electron chi connectivity index (χ1n) is 8.40. The van der Waals surface area contributed by atoms with Crippen molar-refractivity contribution in [2.75, 3.05) is 13.2 Å². The number of aliphatic hydroxyl groups is 1. The Morgan fingerprint density at radius 1 is 1.33 bits per heavy atom. The van der Waals surface area contributed by atoms with Gasteiger partial charge in [-0.25, -0.2) is 9.69 Å². The van der Waals surface area contributed by atoms with E-state index >= 15 is 0 Å². The van der Waals surface area contributed by atoms with E-state index in [4.69, 9.17) is 14.6 Å². The van der Waals surface area contributed by atoms with E-state index in [2.05, 4.69) is 0 Å². The van der Waals surface area contributed by atoms with Crippen molar-refractivity contribution in [1.29, 1.82) is 0 Å². The summed E-state index contributed by atoms with van der Waals surface area (Å²) in [5.41, 5.74) is 1.06. The number of ether oxygens (including phenoxy) is 2. The topological polar surface area (TPSA) is 76.1 Å². The minimum atomic E-state index is -0.579. The van der Waals surface area contributed by atoms with Gasteiger partial charge in [-0.05, 0) is 24.8 Å². The average molecular weight is 333 g/mol. The lowest BCUT2D eigenvalue weighted by atomic mass is 9.98. The number of cyclic esters (lactones) is 1. The molecule has 1 N–H and O–H groups in total. The van der Waals surface area contributed by atoms with Gasteiger partial charge in [0.25, 0.3) is 0 Å². The van der Waals surface area contributed by atoms with Crippen molar-refractivity contribution in [3.05, 3.63) is 35.9 Å². The molecule has 6 heteroatoms. The molecule has 0 spiro atoms. The molecule has 0 aromatic heterocycles. The lowest BCUT2D eigenvalue weighted by Crippen LogP contribution is -2.45. The zero-order chi connectivity index (χ0) is 17.1. The Balaban J connectivity index is 1.68. The number of nitrogens with zero attached hydrogens (tertiary/aromatic N) is 1. The van der Waals surface area contributed by atoms with Crippen LogP contribution in [-0.2, 0) is 20.7 Å². The highest BCUT2D eigenvalue weighted by molar-refractivity contribution is 5.95. The second-order valence-electron chi connectivity index (χ2n) is 6.47. The van der Waals surface area contributed by atoms with Crippen LogP contribution in [0.25, 0.3) is 0 Å². The van der Waals surface area contributed by atoms with E-state index in [0.717, 1.165) is 12.0 Å². The van der Waals surface area contributed by atoms with Crippen LogP contribution >= 0.6 is 0 Å². The number of rotatable bonds is 5. The molecule has 1 aromatic rings. The highest BCUT2D eigenvalue weighted by atomic mass is 16.6. The van der Waals surface area contributed by atoms with Crippen LogP contribution in [0.5, 0.6) is 0 Å². The molecule has 0 radical (unpaired) electrons. The Labute approximate surface area is 141 Å². The number of hydrogen-bond acceptors (Lipinski definition) is 5. The molecule has 130 valence electrons. The van der Waals surface area contributed by atoms with E-state index in [1.165, 1.54) is 4.90 Å². The Morgan fingerprint density at radius 3 is 2.75 bits per heavy atom. The molecule has 0 bridgehead atoms. The van der Waals surface area contributed by atoms with Crippen molar-refractivity contribution in [2.45, 2.75) is 44.4 Å². The standard InChI is InChI=1S/C18H23NO5/c1-12(16-8-7-15(10-20)24-16)17(21)19-14(11-23-18(19)22)9-13-5-3-2-4-6-13/h2-6,12,14-16,20H,7-11H2,1H3/t12-,14+,15+,16-/m1/s1. The first-order valence-corrected chi connectivity index (χ1v) is 8.40. The van der Waals surface area contributed by atoms with E-state index in [1.54, 1.807) is 6.92 Å². The third-order valence-corrected chi connectivity index (χ3v) is 4.80. The Bertz CT molecular complexity index is 590. The summed E-state index contributed by atoms with van der Waals surface area (Å²) in [5.74, 6) is -0.701. The summed E-state index contributed by atoms with van der Waals surface area (Å²) in [4.78, 5) is 26.1. The van der Waals surface area contributed by atoms with Gasteiger partial charge in [0.15, 0.2) is 0 Å². The van der Waals surface area contributed by atoms with Gasteiger partial charge < -0.3 is 14.6 Å². The highest BCUT2D eigenvalue weighted by Crippen LogP contribution is 2.28. The summed E-state index contributed by atoms with van der Waals surface area (Å²) in [6.07, 6.45) is 0.970. The minimum absolute atomic E-state index is 0.0419. The lowest BCUT2D eigenvalue weighted by Gasteiger charge is -2.26. The SMILES string of the molecule is C[C@@H](C(=O)N1C(=O)OC[C@@H]1Cc1ccccc1)[C@H]1CC[C@@H](CO)O1. The molecule has 0 unspecified atom stereocenters. The third-order valence-electron chi connectivity index (χ3n) is 4.80. The van der Waals surface area contributed by atoms with Crippen LogP contribution in [0, 0.1) is 5.92 Å². The van der Waals surface area contributed by atoms with Crippen LogP contribution < -0.4 is 0 Å². The smallest absolute Gasteiger partial charge is 0.416 e. The Morgan fingerprint density at radius 2 is 2.08 bits per heavy atom. The fourth-order valence-corrected chi connectivity index (χ4v) is 3.38. The highest BCUT2D eigenvalue weighted by Gasteiger charge is 2.43. The normalized spacial score (nSPS) is 28.0. The predicted octanol–water partition coefficient (Wildman–Crippen LogP) is 1.75. The second kappa shape index (κ2) is 7.32. The van der Waals surface area contributed by atoms with Gasteiger partial charge >= 0.3 is 6.09 Å². The van der Waals surface area contributed by atoms with Crippen molar-refractivity contribution in [3.8, 4) is 0 Å². The molecule has 6 nitrogen and oxygen atoms in total. The summed E-state index contributed by atoms with van der Waals surface area (Å²) in [7, 11) is 0. The van der Waals surface area contributed by atoms with Crippen molar-refractivity contribution >= 4 is 12.0 Å². The number of benzene rings is 1. The van der Waals surface area contributed by atoms with Crippen LogP contribution in [0.2, 0.25) is 0 Å². The molecule has 2 aliphatic heterocycles. The maximum atomic E-state index is 12.8. The summed E-state index contributed by atoms with van der Waals surface area (Å²) < 4.78 is 10.8. The van der Waals surface area contributed by atoms with Crippen molar-refractivity contribution in [2.24, 2.45) is 5.92 Å². The first kappa shape index (κ1) is 16.9. The first-order chi connectivity index (χ1) is 11.6. The largest absolute Gasteiger partial charge is 0.447 e. The number of carbonyl (C=O) groups is 2. The van der Waals surface area contributed by atoms with Crippen LogP contribution in [0.1, 0.15) is 25.3 Å². The molecule has 3 rings (SSSR count). The van der Waals surface area contributed by atoms with Crippen LogP contribution in [-0.4, -0.2) is 53.5 Å². The van der Waals surface area contributed by atoms with Crippen LogP contribution in [0.3, 0.4) is 0 Å². The number of imide groups is 1. The molecule has 1 aromatic carbocycles. The number of hydrogen-bond donors (Lipinski definition) is 1. The molecule has 2 heterocycles. The van der Waals surface area contributed by atoms with Crippen molar-refractivity contribution in [1.82, 2.24) is 4.90 Å². The van der Waals surface area contributed by atoms with Crippen molar-refractivity contribution in [3.63, 3.8) is 0 Å². The van der Waals surface area contributed by atoms with E-state index in [9.17, 15) is 9.59 Å². The van der Waals surface area contributed by atoms with Gasteiger partial charge in [-0.2, -0.15) is 0 Å². The minimum Gasteiger partial charge on any atom is -0.447 e. The van der Waals surface area contributed by atoms with Gasteiger partial charge in [0.2, 0.25) is 5.91 Å². The predicted molar refractivity (Wildman–Crippen MR) is 86.3 cm³/mol. The molecular formula is C18H23NO5. The quantitative estimate of drug-likeness (QED) is 0.888. The average Bonchev–Trinajstić information content (AvgIpc) is 3.21. The van der Waals surface area contributed by atoms with Gasteiger partial charge in [-0.1, -0.05) is 37.3 Å².